The number of nitrogens with one attached hydrogen (secondary N) is 2. The molecule has 9 nitrogen and oxygen atoms in total. The number of ether oxygens (including phenoxy) is 1. The van der Waals surface area contributed by atoms with Crippen molar-refractivity contribution in [3.63, 3.8) is 0 Å². The van der Waals surface area contributed by atoms with E-state index in [2.05, 4.69) is 32.3 Å². The minimum atomic E-state index is -0.766. The standard InChI is InChI=1S/C29H31N5O4S/c1-20-18-22(24-4-2-3-5-25(24)31-20)10-16-38-23-8-6-21(7-9-23)27(36)32-29(19-26(35)33-37)11-14-34(15-12-29)28-30-13-17-39-28/h2-9,13,17-18,37H,10-12,14-16,19H2,1H3,(H,32,36)(H,33,35). The van der Waals surface area contributed by atoms with Crippen LogP contribution in [-0.2, 0) is 11.2 Å². The van der Waals surface area contributed by atoms with Gasteiger partial charge in [-0.1, -0.05) is 18.2 Å². The maximum absolute atomic E-state index is 13.2. The number of thiazole rings is 1. The molecule has 1 aliphatic rings. The highest BCUT2D eigenvalue weighted by Crippen LogP contribution is 2.30. The molecule has 0 bridgehead atoms. The number of hydrogen-bond donors (Lipinski definition) is 3. The van der Waals surface area contributed by atoms with Crippen LogP contribution in [0.2, 0.25) is 0 Å². The van der Waals surface area contributed by atoms with Gasteiger partial charge in [0.05, 0.1) is 24.1 Å². The summed E-state index contributed by atoms with van der Waals surface area (Å²) in [6.07, 6.45) is 3.59. The number of nitrogens with zero attached hydrogens (tertiary/aromatic N) is 3. The van der Waals surface area contributed by atoms with Gasteiger partial charge in [-0.15, -0.1) is 11.3 Å². The molecule has 2 aromatic heterocycles. The molecule has 2 aromatic carbocycles. The van der Waals surface area contributed by atoms with E-state index >= 15 is 0 Å². The van der Waals surface area contributed by atoms with Crippen molar-refractivity contribution in [3.05, 3.63) is 83.0 Å². The Hall–Kier alpha value is -4.02. The lowest BCUT2D eigenvalue weighted by atomic mass is 9.83. The van der Waals surface area contributed by atoms with Crippen LogP contribution in [0, 0.1) is 6.92 Å². The maximum atomic E-state index is 13.2. The van der Waals surface area contributed by atoms with Crippen LogP contribution < -0.4 is 20.4 Å². The summed E-state index contributed by atoms with van der Waals surface area (Å²) in [7, 11) is 0. The SMILES string of the molecule is Cc1cc(CCOc2ccc(C(=O)NC3(CC(=O)NO)CCN(c4nccs4)CC3)cc2)c2ccccc2n1. The first kappa shape index (κ1) is 26.6. The molecule has 1 fully saturated rings. The van der Waals surface area contributed by atoms with E-state index in [0.717, 1.165) is 28.1 Å². The van der Waals surface area contributed by atoms with Crippen LogP contribution in [0.5, 0.6) is 5.75 Å². The van der Waals surface area contributed by atoms with Gasteiger partial charge in [0.15, 0.2) is 5.13 Å². The molecule has 4 aromatic rings. The third-order valence-corrected chi connectivity index (χ3v) is 7.93. The number of hydroxylamine groups is 1. The summed E-state index contributed by atoms with van der Waals surface area (Å²) in [5, 5.41) is 16.2. The number of carbonyl (C=O) groups is 2. The summed E-state index contributed by atoms with van der Waals surface area (Å²) < 4.78 is 5.97. The summed E-state index contributed by atoms with van der Waals surface area (Å²) in [4.78, 5) is 36.4. The van der Waals surface area contributed by atoms with E-state index in [1.807, 2.05) is 30.5 Å². The number of piperidine rings is 1. The van der Waals surface area contributed by atoms with Crippen molar-refractivity contribution in [2.24, 2.45) is 0 Å². The molecule has 0 spiro atoms. The van der Waals surface area contributed by atoms with Crippen LogP contribution in [0.3, 0.4) is 0 Å². The van der Waals surface area contributed by atoms with Crippen molar-refractivity contribution in [2.75, 3.05) is 24.6 Å². The van der Waals surface area contributed by atoms with E-state index < -0.39 is 11.4 Å². The van der Waals surface area contributed by atoms with E-state index in [1.165, 1.54) is 5.56 Å². The molecule has 0 aliphatic carbocycles. The van der Waals surface area contributed by atoms with Gasteiger partial charge in [0, 0.05) is 47.7 Å². The molecule has 0 unspecified atom stereocenters. The second-order valence-electron chi connectivity index (χ2n) is 9.81. The predicted molar refractivity (Wildman–Crippen MR) is 150 cm³/mol. The van der Waals surface area contributed by atoms with Crippen LogP contribution in [0.15, 0.2) is 66.2 Å². The minimum Gasteiger partial charge on any atom is -0.493 e. The summed E-state index contributed by atoms with van der Waals surface area (Å²) in [5.41, 5.74) is 4.56. The minimum absolute atomic E-state index is 0.00862. The summed E-state index contributed by atoms with van der Waals surface area (Å²) >= 11 is 1.56. The number of anilines is 1. The quantitative estimate of drug-likeness (QED) is 0.212. The van der Waals surface area contributed by atoms with Gasteiger partial charge >= 0.3 is 0 Å². The fourth-order valence-electron chi connectivity index (χ4n) is 5.09. The Kier molecular flexibility index (Phi) is 8.04. The lowest BCUT2D eigenvalue weighted by molar-refractivity contribution is -0.130. The van der Waals surface area contributed by atoms with Crippen LogP contribution in [0.4, 0.5) is 5.13 Å². The highest BCUT2D eigenvalue weighted by Gasteiger charge is 2.38. The Morgan fingerprint density at radius 2 is 1.90 bits per heavy atom. The molecule has 1 saturated heterocycles. The lowest BCUT2D eigenvalue weighted by Crippen LogP contribution is -2.57. The van der Waals surface area contributed by atoms with E-state index in [9.17, 15) is 9.59 Å². The maximum Gasteiger partial charge on any atom is 0.251 e. The van der Waals surface area contributed by atoms with Crippen molar-refractivity contribution in [1.82, 2.24) is 20.8 Å². The Bertz CT molecular complexity index is 1430. The number of carbonyl (C=O) groups excluding carboxylic acids is 2. The number of para-hydroxylation sites is 1. The van der Waals surface area contributed by atoms with Crippen molar-refractivity contribution >= 4 is 39.2 Å². The van der Waals surface area contributed by atoms with Crippen molar-refractivity contribution in [3.8, 4) is 5.75 Å². The van der Waals surface area contributed by atoms with Gasteiger partial charge in [0.2, 0.25) is 5.91 Å². The van der Waals surface area contributed by atoms with E-state index in [4.69, 9.17) is 9.94 Å². The molecule has 0 saturated carbocycles. The second-order valence-corrected chi connectivity index (χ2v) is 10.7. The largest absolute Gasteiger partial charge is 0.493 e. The molecule has 39 heavy (non-hydrogen) atoms. The Morgan fingerprint density at radius 3 is 2.62 bits per heavy atom. The van der Waals surface area contributed by atoms with Crippen molar-refractivity contribution in [1.29, 1.82) is 0 Å². The number of hydrogen-bond acceptors (Lipinski definition) is 8. The van der Waals surface area contributed by atoms with Gasteiger partial charge < -0.3 is 15.0 Å². The number of aromatic nitrogens is 2. The van der Waals surface area contributed by atoms with Crippen LogP contribution >= 0.6 is 11.3 Å². The van der Waals surface area contributed by atoms with E-state index in [-0.39, 0.29) is 12.3 Å². The predicted octanol–water partition coefficient (Wildman–Crippen LogP) is 4.29. The molecule has 1 aliphatic heterocycles. The van der Waals surface area contributed by atoms with Crippen molar-refractivity contribution in [2.45, 2.75) is 38.1 Å². The zero-order valence-corrected chi connectivity index (χ0v) is 22.5. The van der Waals surface area contributed by atoms with Gasteiger partial charge in [-0.2, -0.15) is 0 Å². The van der Waals surface area contributed by atoms with Crippen LogP contribution in [-0.4, -0.2) is 52.2 Å². The fourth-order valence-corrected chi connectivity index (χ4v) is 5.78. The summed E-state index contributed by atoms with van der Waals surface area (Å²) in [6.45, 7) is 3.77. The molecule has 0 atom stereocenters. The third kappa shape index (κ3) is 6.35. The Labute approximate surface area is 230 Å². The average molecular weight is 546 g/mol. The summed E-state index contributed by atoms with van der Waals surface area (Å²) in [6, 6.07) is 17.2. The first-order chi connectivity index (χ1) is 18.9. The first-order valence-electron chi connectivity index (χ1n) is 12.9. The van der Waals surface area contributed by atoms with Crippen molar-refractivity contribution < 1.29 is 19.5 Å². The molecule has 0 radical (unpaired) electrons. The van der Waals surface area contributed by atoms with Gasteiger partial charge in [0.25, 0.3) is 5.91 Å². The van der Waals surface area contributed by atoms with Crippen LogP contribution in [0.1, 0.15) is 40.9 Å². The molecular weight excluding hydrogens is 514 g/mol. The molecule has 3 N–H and O–H groups in total. The number of fused-ring (bicyclic) bond motifs is 1. The molecule has 5 rings (SSSR count). The molecule has 3 heterocycles. The normalized spacial score (nSPS) is 14.7. The molecule has 202 valence electrons. The lowest BCUT2D eigenvalue weighted by Gasteiger charge is -2.42. The highest BCUT2D eigenvalue weighted by atomic mass is 32.1. The van der Waals surface area contributed by atoms with Gasteiger partial charge in [0.1, 0.15) is 5.75 Å². The average Bonchev–Trinajstić information content (AvgIpc) is 3.49. The first-order valence-corrected chi connectivity index (χ1v) is 13.8. The zero-order chi connectivity index (χ0) is 27.2. The topological polar surface area (TPSA) is 117 Å². The number of benzene rings is 2. The molecule has 10 heteroatoms. The third-order valence-electron chi connectivity index (χ3n) is 7.10. The smallest absolute Gasteiger partial charge is 0.251 e. The van der Waals surface area contributed by atoms with E-state index in [1.54, 1.807) is 47.3 Å². The highest BCUT2D eigenvalue weighted by molar-refractivity contribution is 7.13. The monoisotopic (exact) mass is 545 g/mol. The molecular formula is C29H31N5O4S. The van der Waals surface area contributed by atoms with Gasteiger partial charge in [-0.25, -0.2) is 10.5 Å². The van der Waals surface area contributed by atoms with E-state index in [0.29, 0.717) is 43.9 Å². The Balaban J connectivity index is 1.20. The van der Waals surface area contributed by atoms with Gasteiger partial charge in [-0.05, 0) is 61.7 Å². The molecule has 2 amide bonds. The van der Waals surface area contributed by atoms with Gasteiger partial charge in [-0.3, -0.25) is 19.8 Å². The number of rotatable bonds is 9. The zero-order valence-electron chi connectivity index (χ0n) is 21.7. The summed E-state index contributed by atoms with van der Waals surface area (Å²) in [5.74, 6) is -0.125. The number of amides is 2. The number of pyridine rings is 1. The Morgan fingerprint density at radius 1 is 1.13 bits per heavy atom. The number of aryl methyl sites for hydroxylation is 1. The second kappa shape index (κ2) is 11.8. The fraction of sp³-hybridized carbons (Fsp3) is 0.310. The van der Waals surface area contributed by atoms with Crippen LogP contribution in [0.25, 0.3) is 10.9 Å².